The second kappa shape index (κ2) is 6.84. The summed E-state index contributed by atoms with van der Waals surface area (Å²) in [5.74, 6) is -1.01. The molecule has 2 rings (SSSR count). The first-order chi connectivity index (χ1) is 9.90. The Balaban J connectivity index is 1.94. The molecule has 118 valence electrons. The highest BCUT2D eigenvalue weighted by Crippen LogP contribution is 2.18. The van der Waals surface area contributed by atoms with Gasteiger partial charge < -0.3 is 9.84 Å². The molecule has 0 spiro atoms. The maximum Gasteiger partial charge on any atom is 0.345 e. The Morgan fingerprint density at radius 1 is 1.48 bits per heavy atom. The number of hydrogen-bond donors (Lipinski definition) is 2. The average molecular weight is 334 g/mol. The number of carboxylic acid groups (broad SMARTS) is 1. The maximum atomic E-state index is 12.2. The summed E-state index contributed by atoms with van der Waals surface area (Å²) in [6.07, 6.45) is 1.36. The van der Waals surface area contributed by atoms with E-state index in [0.29, 0.717) is 30.9 Å². The van der Waals surface area contributed by atoms with Crippen LogP contribution in [0.3, 0.4) is 0 Å². The summed E-state index contributed by atoms with van der Waals surface area (Å²) in [5, 5.41) is 8.84. The topological polar surface area (TPSA) is 95.9 Å². The zero-order valence-corrected chi connectivity index (χ0v) is 13.2. The van der Waals surface area contributed by atoms with E-state index in [1.54, 1.807) is 13.1 Å². The summed E-state index contributed by atoms with van der Waals surface area (Å²) in [6, 6.07) is 3.03. The van der Waals surface area contributed by atoms with Crippen molar-refractivity contribution in [3.63, 3.8) is 0 Å². The molecule has 2 heterocycles. The summed E-state index contributed by atoms with van der Waals surface area (Å²) in [7, 11) is -2.03. The van der Waals surface area contributed by atoms with Crippen molar-refractivity contribution in [3.05, 3.63) is 21.9 Å². The molecule has 0 bridgehead atoms. The molecule has 1 saturated heterocycles. The number of thiophene rings is 1. The van der Waals surface area contributed by atoms with Crippen molar-refractivity contribution in [2.24, 2.45) is 0 Å². The number of carbonyl (C=O) groups is 1. The Morgan fingerprint density at radius 2 is 2.14 bits per heavy atom. The van der Waals surface area contributed by atoms with Crippen LogP contribution < -0.4 is 4.72 Å². The Morgan fingerprint density at radius 3 is 2.71 bits per heavy atom. The molecule has 0 amide bonds. The fourth-order valence-corrected chi connectivity index (χ4v) is 4.12. The third-order valence-electron chi connectivity index (χ3n) is 3.39. The van der Waals surface area contributed by atoms with E-state index in [2.05, 4.69) is 4.72 Å². The Kier molecular flexibility index (Phi) is 5.33. The van der Waals surface area contributed by atoms with Crippen molar-refractivity contribution in [2.75, 3.05) is 20.3 Å². The normalized spacial score (nSPS) is 17.2. The standard InChI is InChI=1S/C12H18N2O5S2/c1-14(9-4-6-19-7-5-9)21(17,18)13-8-10-2-3-11(20-10)12(15)16/h2-3,9,13H,4-8H2,1H3,(H,15,16). The molecule has 0 unspecified atom stereocenters. The van der Waals surface area contributed by atoms with Gasteiger partial charge in [0.15, 0.2) is 0 Å². The van der Waals surface area contributed by atoms with Gasteiger partial charge in [0.05, 0.1) is 0 Å². The summed E-state index contributed by atoms with van der Waals surface area (Å²) >= 11 is 1.06. The molecule has 1 aliphatic heterocycles. The molecule has 2 N–H and O–H groups in total. The molecule has 0 aliphatic carbocycles. The molecule has 7 nitrogen and oxygen atoms in total. The van der Waals surface area contributed by atoms with E-state index < -0.39 is 16.2 Å². The van der Waals surface area contributed by atoms with Gasteiger partial charge in [-0.1, -0.05) is 0 Å². The predicted molar refractivity (Wildman–Crippen MR) is 78.6 cm³/mol. The molecule has 0 atom stereocenters. The molecule has 1 fully saturated rings. The molecule has 21 heavy (non-hydrogen) atoms. The number of nitrogens with zero attached hydrogens (tertiary/aromatic N) is 1. The van der Waals surface area contributed by atoms with E-state index in [-0.39, 0.29) is 17.5 Å². The van der Waals surface area contributed by atoms with Crippen LogP contribution in [0.2, 0.25) is 0 Å². The molecule has 0 aromatic carbocycles. The van der Waals surface area contributed by atoms with Crippen LogP contribution in [0.1, 0.15) is 27.4 Å². The fraction of sp³-hybridized carbons (Fsp3) is 0.583. The molecule has 1 aromatic heterocycles. The van der Waals surface area contributed by atoms with Gasteiger partial charge >= 0.3 is 5.97 Å². The van der Waals surface area contributed by atoms with Crippen LogP contribution in [0.4, 0.5) is 0 Å². The lowest BCUT2D eigenvalue weighted by molar-refractivity contribution is 0.0629. The minimum absolute atomic E-state index is 0.0610. The van der Waals surface area contributed by atoms with Gasteiger partial charge in [-0.2, -0.15) is 17.4 Å². The van der Waals surface area contributed by atoms with Gasteiger partial charge in [0.1, 0.15) is 4.88 Å². The van der Waals surface area contributed by atoms with E-state index in [0.717, 1.165) is 11.3 Å². The summed E-state index contributed by atoms with van der Waals surface area (Å²) in [5.41, 5.74) is 0. The van der Waals surface area contributed by atoms with Crippen LogP contribution >= 0.6 is 11.3 Å². The van der Waals surface area contributed by atoms with Gasteiger partial charge in [-0.3, -0.25) is 0 Å². The highest BCUT2D eigenvalue weighted by atomic mass is 32.2. The molecule has 9 heteroatoms. The predicted octanol–water partition coefficient (Wildman–Crippen LogP) is 0.892. The van der Waals surface area contributed by atoms with Gasteiger partial charge in [-0.05, 0) is 25.0 Å². The second-order valence-electron chi connectivity index (χ2n) is 4.76. The molecular weight excluding hydrogens is 316 g/mol. The quantitative estimate of drug-likeness (QED) is 0.805. The Labute approximate surface area is 127 Å². The molecule has 1 aromatic rings. The third kappa shape index (κ3) is 4.24. The van der Waals surface area contributed by atoms with Crippen LogP contribution in [-0.2, 0) is 21.5 Å². The van der Waals surface area contributed by atoms with Crippen LogP contribution in [0.15, 0.2) is 12.1 Å². The van der Waals surface area contributed by atoms with Gasteiger partial charge in [0, 0.05) is 37.7 Å². The van der Waals surface area contributed by atoms with Crippen LogP contribution in [0.25, 0.3) is 0 Å². The van der Waals surface area contributed by atoms with Crippen molar-refractivity contribution >= 4 is 27.5 Å². The van der Waals surface area contributed by atoms with Crippen LogP contribution in [0.5, 0.6) is 0 Å². The van der Waals surface area contributed by atoms with Crippen molar-refractivity contribution < 1.29 is 23.1 Å². The van der Waals surface area contributed by atoms with Gasteiger partial charge in [0.25, 0.3) is 10.2 Å². The smallest absolute Gasteiger partial charge is 0.345 e. The first kappa shape index (κ1) is 16.4. The monoisotopic (exact) mass is 334 g/mol. The summed E-state index contributed by atoms with van der Waals surface area (Å²) in [6.45, 7) is 1.22. The molecular formula is C12H18N2O5S2. The highest BCUT2D eigenvalue weighted by Gasteiger charge is 2.27. The zero-order valence-electron chi connectivity index (χ0n) is 11.6. The first-order valence-corrected chi connectivity index (χ1v) is 8.78. The molecule has 0 saturated carbocycles. The minimum atomic E-state index is -3.58. The van der Waals surface area contributed by atoms with Crippen molar-refractivity contribution in [1.82, 2.24) is 9.03 Å². The Bertz CT molecular complexity index is 593. The largest absolute Gasteiger partial charge is 0.477 e. The molecule has 1 aliphatic rings. The number of aromatic carboxylic acids is 1. The number of nitrogens with one attached hydrogen (secondary N) is 1. The first-order valence-electron chi connectivity index (χ1n) is 6.52. The minimum Gasteiger partial charge on any atom is -0.477 e. The van der Waals surface area contributed by atoms with E-state index in [9.17, 15) is 13.2 Å². The summed E-state index contributed by atoms with van der Waals surface area (Å²) in [4.78, 5) is 11.6. The number of rotatable bonds is 6. The van der Waals surface area contributed by atoms with Crippen molar-refractivity contribution in [2.45, 2.75) is 25.4 Å². The average Bonchev–Trinajstić information content (AvgIpc) is 2.94. The van der Waals surface area contributed by atoms with E-state index in [1.807, 2.05) is 0 Å². The fourth-order valence-electron chi connectivity index (χ4n) is 2.10. The van der Waals surface area contributed by atoms with Gasteiger partial charge in [0.2, 0.25) is 0 Å². The van der Waals surface area contributed by atoms with E-state index >= 15 is 0 Å². The maximum absolute atomic E-state index is 12.2. The van der Waals surface area contributed by atoms with E-state index in [4.69, 9.17) is 9.84 Å². The lowest BCUT2D eigenvalue weighted by Gasteiger charge is -2.30. The van der Waals surface area contributed by atoms with Gasteiger partial charge in [-0.25, -0.2) is 4.79 Å². The van der Waals surface area contributed by atoms with Crippen LogP contribution in [-0.4, -0.2) is 50.1 Å². The van der Waals surface area contributed by atoms with Crippen LogP contribution in [0, 0.1) is 0 Å². The third-order valence-corrected chi connectivity index (χ3v) is 6.02. The second-order valence-corrected chi connectivity index (χ2v) is 7.74. The summed E-state index contributed by atoms with van der Waals surface area (Å²) < 4.78 is 33.5. The SMILES string of the molecule is CN(C1CCOCC1)S(=O)(=O)NCc1ccc(C(=O)O)s1. The van der Waals surface area contributed by atoms with Gasteiger partial charge in [-0.15, -0.1) is 11.3 Å². The lowest BCUT2D eigenvalue weighted by Crippen LogP contribution is -2.45. The van der Waals surface area contributed by atoms with Crippen molar-refractivity contribution in [3.8, 4) is 0 Å². The van der Waals surface area contributed by atoms with Crippen molar-refractivity contribution in [1.29, 1.82) is 0 Å². The zero-order chi connectivity index (χ0) is 15.5. The number of carboxylic acids is 1. The van der Waals surface area contributed by atoms with E-state index in [1.165, 1.54) is 10.4 Å². The number of ether oxygens (including phenoxy) is 1. The Hall–Kier alpha value is -1.00. The highest BCUT2D eigenvalue weighted by molar-refractivity contribution is 7.87. The lowest BCUT2D eigenvalue weighted by atomic mass is 10.1. The molecule has 0 radical (unpaired) electrons. The number of hydrogen-bond acceptors (Lipinski definition) is 5.